The van der Waals surface area contributed by atoms with Crippen LogP contribution in [0.1, 0.15) is 33.2 Å². The molecule has 35 heavy (non-hydrogen) atoms. The van der Waals surface area contributed by atoms with Crippen LogP contribution in [-0.2, 0) is 4.43 Å². The zero-order valence-electron chi connectivity index (χ0n) is 20.2. The summed E-state index contributed by atoms with van der Waals surface area (Å²) in [5.74, 6) is 0.0264. The molecule has 0 saturated carbocycles. The van der Waals surface area contributed by atoms with Crippen molar-refractivity contribution in [2.24, 2.45) is 5.92 Å². The molecule has 8 heteroatoms. The first-order valence-corrected chi connectivity index (χ1v) is 13.8. The maximum absolute atomic E-state index is 15.2. The molecule has 2 heterocycles. The fourth-order valence-electron chi connectivity index (χ4n) is 5.26. The monoisotopic (exact) mass is 487 g/mol. The number of hydrogen-bond acceptors (Lipinski definition) is 5. The second-order valence-corrected chi connectivity index (χ2v) is 14.4. The minimum absolute atomic E-state index is 0.0710. The average molecular weight is 488 g/mol. The highest BCUT2D eigenvalue weighted by atomic mass is 28.4. The molecule has 0 radical (unpaired) electrons. The van der Waals surface area contributed by atoms with Crippen LogP contribution in [-0.4, -0.2) is 34.4 Å². The van der Waals surface area contributed by atoms with E-state index >= 15 is 4.39 Å². The third-order valence-corrected chi connectivity index (χ3v) is 11.9. The van der Waals surface area contributed by atoms with Gasteiger partial charge in [0.15, 0.2) is 11.5 Å². The van der Waals surface area contributed by atoms with Gasteiger partial charge in [0.05, 0.1) is 12.4 Å². The third-order valence-electron chi connectivity index (χ3n) is 6.89. The molecule has 2 N–H and O–H groups in total. The number of halogens is 1. The van der Waals surface area contributed by atoms with Crippen molar-refractivity contribution in [1.82, 2.24) is 19.5 Å². The summed E-state index contributed by atoms with van der Waals surface area (Å²) in [5, 5.41) is 2.29. The quantitative estimate of drug-likeness (QED) is 0.408. The zero-order chi connectivity index (χ0) is 24.6. The van der Waals surface area contributed by atoms with Gasteiger partial charge >= 0.3 is 0 Å². The Bertz CT molecular complexity index is 1310. The topological polar surface area (TPSA) is 78.9 Å². The van der Waals surface area contributed by atoms with Crippen LogP contribution in [0.15, 0.2) is 85.2 Å². The first-order chi connectivity index (χ1) is 16.8. The fourth-order valence-corrected chi connectivity index (χ4v) is 9.88. The van der Waals surface area contributed by atoms with E-state index < -0.39 is 14.4 Å². The lowest BCUT2D eigenvalue weighted by Crippen LogP contribution is -2.66. The molecule has 0 unspecified atom stereocenters. The van der Waals surface area contributed by atoms with Gasteiger partial charge in [-0.2, -0.15) is 0 Å². The van der Waals surface area contributed by atoms with E-state index in [1.165, 1.54) is 16.7 Å². The van der Waals surface area contributed by atoms with Crippen LogP contribution in [0.2, 0.25) is 5.04 Å². The lowest BCUT2D eigenvalue weighted by molar-refractivity contribution is 0.250. The number of nitrogens with two attached hydrogens (primary N) is 1. The maximum Gasteiger partial charge on any atom is 0.261 e. The van der Waals surface area contributed by atoms with E-state index in [1.54, 1.807) is 17.0 Å². The minimum atomic E-state index is -2.69. The van der Waals surface area contributed by atoms with E-state index in [-0.39, 0.29) is 16.8 Å². The van der Waals surface area contributed by atoms with Gasteiger partial charge in [-0.05, 0) is 27.9 Å². The van der Waals surface area contributed by atoms with Gasteiger partial charge in [-0.3, -0.25) is 0 Å². The molecule has 0 bridgehead atoms. The molecule has 0 saturated heterocycles. The minimum Gasteiger partial charge on any atom is -0.407 e. The van der Waals surface area contributed by atoms with Gasteiger partial charge < -0.3 is 14.7 Å². The first-order valence-electron chi connectivity index (χ1n) is 11.9. The molecule has 0 spiro atoms. The summed E-state index contributed by atoms with van der Waals surface area (Å²) in [4.78, 5) is 12.6. The van der Waals surface area contributed by atoms with Crippen LogP contribution in [0.3, 0.4) is 0 Å². The van der Waals surface area contributed by atoms with E-state index in [1.807, 2.05) is 12.1 Å². The van der Waals surface area contributed by atoms with Crippen molar-refractivity contribution < 1.29 is 8.82 Å². The molecule has 2 aromatic carbocycles. The molecule has 5 rings (SSSR count). The van der Waals surface area contributed by atoms with E-state index in [0.717, 1.165) is 0 Å². The number of hydrogen-bond donors (Lipinski definition) is 1. The largest absolute Gasteiger partial charge is 0.407 e. The van der Waals surface area contributed by atoms with Gasteiger partial charge in [-0.15, -0.1) is 0 Å². The Morgan fingerprint density at radius 1 is 1.00 bits per heavy atom. The van der Waals surface area contributed by atoms with Crippen molar-refractivity contribution in [2.75, 3.05) is 12.3 Å². The summed E-state index contributed by atoms with van der Waals surface area (Å²) in [6.45, 7) is 7.17. The second-order valence-electron chi connectivity index (χ2n) is 10.1. The summed E-state index contributed by atoms with van der Waals surface area (Å²) < 4.78 is 24.0. The van der Waals surface area contributed by atoms with Gasteiger partial charge in [0.2, 0.25) is 0 Å². The zero-order valence-corrected chi connectivity index (χ0v) is 21.2. The normalized spacial score (nSPS) is 18.7. The van der Waals surface area contributed by atoms with Crippen molar-refractivity contribution in [3.63, 3.8) is 0 Å². The smallest absolute Gasteiger partial charge is 0.261 e. The lowest BCUT2D eigenvalue weighted by atomic mass is 10.1. The molecule has 1 aliphatic rings. The standard InChI is InChI=1S/C27H30FN5OSi/c1-27(2,3)35(20-10-6-4-7-11-20,21-12-8-5-9-13-21)34-16-19-14-22(28)23(15-19)33-18-32-24-25(29)30-17-31-26(24)33/h4-14,17-19,23H,15-16H2,1-3H3,(H2,29,30,31)/t19-,23-/m1/s1. The number of aromatic nitrogens is 4. The number of anilines is 1. The highest BCUT2D eigenvalue weighted by Crippen LogP contribution is 2.40. The Morgan fingerprint density at radius 2 is 1.63 bits per heavy atom. The number of rotatable bonds is 6. The maximum atomic E-state index is 15.2. The van der Waals surface area contributed by atoms with Crippen molar-refractivity contribution in [2.45, 2.75) is 38.3 Å². The SMILES string of the molecule is CC(C)(C)[Si](OC[C@@H]1C=C(F)[C@H](n2cnc3c(N)ncnc32)C1)(c1ccccc1)c1ccccc1. The Morgan fingerprint density at radius 3 is 2.23 bits per heavy atom. The summed E-state index contributed by atoms with van der Waals surface area (Å²) in [7, 11) is -2.69. The molecule has 2 aromatic heterocycles. The molecular weight excluding hydrogens is 457 g/mol. The summed E-state index contributed by atoms with van der Waals surface area (Å²) >= 11 is 0. The Labute approximate surface area is 205 Å². The third kappa shape index (κ3) is 4.06. The van der Waals surface area contributed by atoms with Crippen LogP contribution >= 0.6 is 0 Å². The molecule has 0 amide bonds. The van der Waals surface area contributed by atoms with Crippen LogP contribution < -0.4 is 16.1 Å². The van der Waals surface area contributed by atoms with Gasteiger partial charge in [0, 0.05) is 12.5 Å². The number of benzene rings is 2. The molecule has 2 atom stereocenters. The van der Waals surface area contributed by atoms with Crippen LogP contribution in [0, 0.1) is 5.92 Å². The predicted octanol–water partition coefficient (Wildman–Crippen LogP) is 4.40. The van der Waals surface area contributed by atoms with Crippen LogP contribution in [0.4, 0.5) is 10.2 Å². The number of fused-ring (bicyclic) bond motifs is 1. The number of allylic oxidation sites excluding steroid dienone is 1. The van der Waals surface area contributed by atoms with Crippen molar-refractivity contribution >= 4 is 35.7 Å². The number of nitrogen functional groups attached to an aromatic ring is 1. The Balaban J connectivity index is 1.46. The van der Waals surface area contributed by atoms with Gasteiger partial charge in [0.25, 0.3) is 8.32 Å². The molecule has 6 nitrogen and oxygen atoms in total. The number of imidazole rings is 1. The second kappa shape index (κ2) is 9.01. The van der Waals surface area contributed by atoms with Crippen molar-refractivity contribution in [1.29, 1.82) is 0 Å². The molecule has 0 fully saturated rings. The molecular formula is C27H30FN5OSi. The van der Waals surface area contributed by atoms with Gasteiger partial charge in [-0.25, -0.2) is 19.3 Å². The molecule has 180 valence electrons. The summed E-state index contributed by atoms with van der Waals surface area (Å²) in [5.41, 5.74) is 6.96. The molecule has 0 aliphatic heterocycles. The highest BCUT2D eigenvalue weighted by Gasteiger charge is 2.50. The Hall–Kier alpha value is -3.36. The number of nitrogens with zero attached hydrogens (tertiary/aromatic N) is 4. The summed E-state index contributed by atoms with van der Waals surface area (Å²) in [6.07, 6.45) is 5.24. The average Bonchev–Trinajstić information content (AvgIpc) is 3.44. The summed E-state index contributed by atoms with van der Waals surface area (Å²) in [6, 6.07) is 20.5. The van der Waals surface area contributed by atoms with Gasteiger partial charge in [-0.1, -0.05) is 81.4 Å². The van der Waals surface area contributed by atoms with E-state index in [2.05, 4.69) is 84.3 Å². The van der Waals surface area contributed by atoms with Crippen LogP contribution in [0.25, 0.3) is 11.2 Å². The van der Waals surface area contributed by atoms with E-state index in [4.69, 9.17) is 10.2 Å². The van der Waals surface area contributed by atoms with E-state index in [0.29, 0.717) is 30.0 Å². The van der Waals surface area contributed by atoms with Crippen molar-refractivity contribution in [3.8, 4) is 0 Å². The van der Waals surface area contributed by atoms with E-state index in [9.17, 15) is 0 Å². The molecule has 4 aromatic rings. The predicted molar refractivity (Wildman–Crippen MR) is 140 cm³/mol. The van der Waals surface area contributed by atoms with Crippen molar-refractivity contribution in [3.05, 3.63) is 85.2 Å². The van der Waals surface area contributed by atoms with Gasteiger partial charge in [0.1, 0.15) is 17.7 Å². The fraction of sp³-hybridized carbons (Fsp3) is 0.296. The lowest BCUT2D eigenvalue weighted by Gasteiger charge is -2.43. The Kier molecular flexibility index (Phi) is 6.02. The molecule has 1 aliphatic carbocycles. The first kappa shape index (κ1) is 23.4. The highest BCUT2D eigenvalue weighted by molar-refractivity contribution is 6.99. The van der Waals surface area contributed by atoms with Crippen LogP contribution in [0.5, 0.6) is 0 Å².